The lowest BCUT2D eigenvalue weighted by atomic mass is 10.2. The molecule has 0 radical (unpaired) electrons. The molecule has 0 unspecified atom stereocenters. The molecule has 1 aliphatic heterocycles. The van der Waals surface area contributed by atoms with Gasteiger partial charge in [-0.1, -0.05) is 6.07 Å². The Hall–Kier alpha value is -2.30. The van der Waals surface area contributed by atoms with E-state index in [1.165, 1.54) is 24.1 Å². The fourth-order valence-corrected chi connectivity index (χ4v) is 2.71. The second kappa shape index (κ2) is 5.48. The zero-order valence-electron chi connectivity index (χ0n) is 12.7. The highest BCUT2D eigenvalue weighted by molar-refractivity contribution is 5.46. The minimum atomic E-state index is 0.614. The SMILES string of the molecule is CN(Cc1ccc2c(c1)OCCO2)c1cc(C2CC2)ncn1. The van der Waals surface area contributed by atoms with Crippen LogP contribution in [0.3, 0.4) is 0 Å². The third-order valence-corrected chi connectivity index (χ3v) is 4.09. The summed E-state index contributed by atoms with van der Waals surface area (Å²) < 4.78 is 11.2. The minimum absolute atomic E-state index is 0.614. The van der Waals surface area contributed by atoms with Gasteiger partial charge in [-0.05, 0) is 30.5 Å². The van der Waals surface area contributed by atoms with Gasteiger partial charge in [0.1, 0.15) is 25.4 Å². The lowest BCUT2D eigenvalue weighted by Crippen LogP contribution is -2.19. The van der Waals surface area contributed by atoms with Gasteiger partial charge < -0.3 is 14.4 Å². The van der Waals surface area contributed by atoms with Crippen LogP contribution in [0.5, 0.6) is 11.5 Å². The molecule has 2 aliphatic rings. The van der Waals surface area contributed by atoms with E-state index in [-0.39, 0.29) is 0 Å². The average Bonchev–Trinajstić information content (AvgIpc) is 3.40. The molecule has 4 rings (SSSR count). The summed E-state index contributed by atoms with van der Waals surface area (Å²) in [6.07, 6.45) is 4.17. The van der Waals surface area contributed by atoms with Crippen molar-refractivity contribution in [3.05, 3.63) is 41.9 Å². The van der Waals surface area contributed by atoms with Crippen LogP contribution in [0.1, 0.15) is 30.0 Å². The Morgan fingerprint density at radius 2 is 1.91 bits per heavy atom. The maximum absolute atomic E-state index is 5.64. The van der Waals surface area contributed by atoms with Crippen molar-refractivity contribution in [1.29, 1.82) is 0 Å². The third kappa shape index (κ3) is 2.71. The van der Waals surface area contributed by atoms with Crippen molar-refractivity contribution in [2.45, 2.75) is 25.3 Å². The summed E-state index contributed by atoms with van der Waals surface area (Å²) in [6, 6.07) is 8.21. The van der Waals surface area contributed by atoms with Gasteiger partial charge >= 0.3 is 0 Å². The molecular formula is C17H19N3O2. The van der Waals surface area contributed by atoms with Gasteiger partial charge in [0, 0.05) is 31.3 Å². The van der Waals surface area contributed by atoms with E-state index in [0.717, 1.165) is 23.9 Å². The van der Waals surface area contributed by atoms with E-state index in [2.05, 4.69) is 34.0 Å². The number of benzene rings is 1. The van der Waals surface area contributed by atoms with Gasteiger partial charge in [0.15, 0.2) is 11.5 Å². The molecule has 1 aromatic carbocycles. The second-order valence-electron chi connectivity index (χ2n) is 5.91. The molecular weight excluding hydrogens is 278 g/mol. The van der Waals surface area contributed by atoms with Gasteiger partial charge in [0.2, 0.25) is 0 Å². The highest BCUT2D eigenvalue weighted by Gasteiger charge is 2.25. The molecule has 0 N–H and O–H groups in total. The molecule has 1 aliphatic carbocycles. The van der Waals surface area contributed by atoms with E-state index in [0.29, 0.717) is 19.1 Å². The quantitative estimate of drug-likeness (QED) is 0.868. The number of aromatic nitrogens is 2. The molecule has 0 saturated heterocycles. The number of fused-ring (bicyclic) bond motifs is 1. The molecule has 1 aromatic heterocycles. The average molecular weight is 297 g/mol. The summed E-state index contributed by atoms with van der Waals surface area (Å²) in [5.74, 6) is 3.27. The topological polar surface area (TPSA) is 47.5 Å². The highest BCUT2D eigenvalue weighted by atomic mass is 16.6. The van der Waals surface area contributed by atoms with Crippen molar-refractivity contribution in [2.24, 2.45) is 0 Å². The first-order valence-electron chi connectivity index (χ1n) is 7.71. The van der Waals surface area contributed by atoms with Crippen LogP contribution in [0, 0.1) is 0 Å². The predicted molar refractivity (Wildman–Crippen MR) is 83.5 cm³/mol. The summed E-state index contributed by atoms with van der Waals surface area (Å²) >= 11 is 0. The van der Waals surface area contributed by atoms with Crippen LogP contribution < -0.4 is 14.4 Å². The maximum atomic E-state index is 5.64. The molecule has 5 heteroatoms. The van der Waals surface area contributed by atoms with Crippen LogP contribution in [0.25, 0.3) is 0 Å². The summed E-state index contributed by atoms with van der Waals surface area (Å²) in [5, 5.41) is 0. The van der Waals surface area contributed by atoms with Crippen LogP contribution in [0.15, 0.2) is 30.6 Å². The molecule has 0 amide bonds. The molecule has 0 bridgehead atoms. The molecule has 1 fully saturated rings. The second-order valence-corrected chi connectivity index (χ2v) is 5.91. The fourth-order valence-electron chi connectivity index (χ4n) is 2.71. The maximum Gasteiger partial charge on any atom is 0.161 e. The monoisotopic (exact) mass is 297 g/mol. The van der Waals surface area contributed by atoms with Crippen molar-refractivity contribution in [3.63, 3.8) is 0 Å². The largest absolute Gasteiger partial charge is 0.486 e. The number of hydrogen-bond donors (Lipinski definition) is 0. The lowest BCUT2D eigenvalue weighted by Gasteiger charge is -2.21. The number of anilines is 1. The number of rotatable bonds is 4. The molecule has 22 heavy (non-hydrogen) atoms. The Kier molecular flexibility index (Phi) is 3.33. The van der Waals surface area contributed by atoms with E-state index < -0.39 is 0 Å². The Morgan fingerprint density at radius 3 is 2.73 bits per heavy atom. The molecule has 5 nitrogen and oxygen atoms in total. The first kappa shape index (κ1) is 13.4. The van der Waals surface area contributed by atoms with E-state index in [9.17, 15) is 0 Å². The molecule has 114 valence electrons. The van der Waals surface area contributed by atoms with Gasteiger partial charge in [-0.2, -0.15) is 0 Å². The van der Waals surface area contributed by atoms with Crippen LogP contribution in [-0.4, -0.2) is 30.2 Å². The van der Waals surface area contributed by atoms with Crippen molar-refractivity contribution >= 4 is 5.82 Å². The van der Waals surface area contributed by atoms with E-state index >= 15 is 0 Å². The first-order chi connectivity index (χ1) is 10.8. The standard InChI is InChI=1S/C17H19N3O2/c1-20(17-9-14(13-3-4-13)18-11-19-17)10-12-2-5-15-16(8-12)22-7-6-21-15/h2,5,8-9,11,13H,3-4,6-7,10H2,1H3. The Labute approximate surface area is 129 Å². The highest BCUT2D eigenvalue weighted by Crippen LogP contribution is 2.39. The number of hydrogen-bond acceptors (Lipinski definition) is 5. The summed E-state index contributed by atoms with van der Waals surface area (Å²) in [5.41, 5.74) is 2.34. The molecule has 2 aromatic rings. The summed E-state index contributed by atoms with van der Waals surface area (Å²) in [7, 11) is 2.05. The third-order valence-electron chi connectivity index (χ3n) is 4.09. The van der Waals surface area contributed by atoms with Crippen molar-refractivity contribution < 1.29 is 9.47 Å². The van der Waals surface area contributed by atoms with Crippen LogP contribution in [0.2, 0.25) is 0 Å². The minimum Gasteiger partial charge on any atom is -0.486 e. The van der Waals surface area contributed by atoms with E-state index in [4.69, 9.17) is 9.47 Å². The predicted octanol–water partition coefficient (Wildman–Crippen LogP) is 2.76. The van der Waals surface area contributed by atoms with Gasteiger partial charge in [0.05, 0.1) is 0 Å². The van der Waals surface area contributed by atoms with Gasteiger partial charge in [-0.3, -0.25) is 0 Å². The van der Waals surface area contributed by atoms with Crippen LogP contribution in [-0.2, 0) is 6.54 Å². The van der Waals surface area contributed by atoms with Gasteiger partial charge in [-0.15, -0.1) is 0 Å². The summed E-state index contributed by atoms with van der Waals surface area (Å²) in [4.78, 5) is 10.9. The molecule has 1 saturated carbocycles. The van der Waals surface area contributed by atoms with Crippen LogP contribution >= 0.6 is 0 Å². The van der Waals surface area contributed by atoms with Crippen molar-refractivity contribution in [2.75, 3.05) is 25.2 Å². The number of ether oxygens (including phenoxy) is 2. The normalized spacial score (nSPS) is 16.4. The van der Waals surface area contributed by atoms with Crippen molar-refractivity contribution in [3.8, 4) is 11.5 Å². The van der Waals surface area contributed by atoms with E-state index in [1.807, 2.05) is 12.1 Å². The zero-order chi connectivity index (χ0) is 14.9. The fraction of sp³-hybridized carbons (Fsp3) is 0.412. The molecule has 2 heterocycles. The lowest BCUT2D eigenvalue weighted by molar-refractivity contribution is 0.171. The Morgan fingerprint density at radius 1 is 1.09 bits per heavy atom. The Bertz CT molecular complexity index is 685. The van der Waals surface area contributed by atoms with Gasteiger partial charge in [-0.25, -0.2) is 9.97 Å². The first-order valence-corrected chi connectivity index (χ1v) is 7.71. The van der Waals surface area contributed by atoms with E-state index in [1.54, 1.807) is 6.33 Å². The zero-order valence-corrected chi connectivity index (χ0v) is 12.7. The number of nitrogens with zero attached hydrogens (tertiary/aromatic N) is 3. The molecule has 0 spiro atoms. The van der Waals surface area contributed by atoms with Crippen LogP contribution in [0.4, 0.5) is 5.82 Å². The Balaban J connectivity index is 1.51. The van der Waals surface area contributed by atoms with Gasteiger partial charge in [0.25, 0.3) is 0 Å². The summed E-state index contributed by atoms with van der Waals surface area (Å²) in [6.45, 7) is 2.01. The van der Waals surface area contributed by atoms with Crippen molar-refractivity contribution in [1.82, 2.24) is 9.97 Å². The molecule has 0 atom stereocenters. The smallest absolute Gasteiger partial charge is 0.161 e.